The van der Waals surface area contributed by atoms with E-state index in [1.54, 1.807) is 4.68 Å². The van der Waals surface area contributed by atoms with E-state index in [4.69, 9.17) is 5.73 Å². The number of thiophene rings is 1. The van der Waals surface area contributed by atoms with Gasteiger partial charge >= 0.3 is 0 Å². The minimum Gasteiger partial charge on any atom is -0.397 e. The van der Waals surface area contributed by atoms with Gasteiger partial charge < -0.3 is 11.1 Å². The summed E-state index contributed by atoms with van der Waals surface area (Å²) in [6.45, 7) is 2.64. The first-order valence-electron chi connectivity index (χ1n) is 7.02. The maximum absolute atomic E-state index is 12.4. The first-order chi connectivity index (χ1) is 9.97. The number of aryl methyl sites for hydroxylation is 2. The first kappa shape index (κ1) is 14.7. The molecule has 1 saturated carbocycles. The van der Waals surface area contributed by atoms with Crippen molar-refractivity contribution in [1.82, 2.24) is 15.1 Å². The molecule has 114 valence electrons. The summed E-state index contributed by atoms with van der Waals surface area (Å²) in [5.41, 5.74) is 7.60. The Bertz CT molecular complexity index is 694. The average molecular weight is 324 g/mol. The van der Waals surface area contributed by atoms with Crippen LogP contribution < -0.4 is 11.1 Å². The highest BCUT2D eigenvalue weighted by Crippen LogP contribution is 2.42. The van der Waals surface area contributed by atoms with Gasteiger partial charge in [0.2, 0.25) is 0 Å². The van der Waals surface area contributed by atoms with E-state index in [1.807, 2.05) is 25.7 Å². The lowest BCUT2D eigenvalue weighted by Crippen LogP contribution is -2.45. The Hall–Kier alpha value is -1.21. The molecule has 0 saturated heterocycles. The summed E-state index contributed by atoms with van der Waals surface area (Å²) in [5.74, 6) is -0.0616. The third-order valence-electron chi connectivity index (χ3n) is 4.36. The van der Waals surface area contributed by atoms with Crippen molar-refractivity contribution in [2.24, 2.45) is 7.05 Å². The molecule has 1 aliphatic rings. The lowest BCUT2D eigenvalue weighted by Gasteiger charge is -2.40. The fourth-order valence-electron chi connectivity index (χ4n) is 2.84. The topological polar surface area (TPSA) is 72.9 Å². The van der Waals surface area contributed by atoms with Crippen LogP contribution in [0.4, 0.5) is 5.69 Å². The maximum atomic E-state index is 12.4. The number of hydrogen-bond acceptors (Lipinski definition) is 5. The van der Waals surface area contributed by atoms with Crippen molar-refractivity contribution >= 4 is 44.9 Å². The number of amides is 1. The number of rotatable bonds is 4. The zero-order valence-corrected chi connectivity index (χ0v) is 14.2. The highest BCUT2D eigenvalue weighted by Gasteiger charge is 2.36. The number of hydrogen-bond donors (Lipinski definition) is 2. The highest BCUT2D eigenvalue weighted by molar-refractivity contribution is 8.00. The molecule has 3 rings (SSSR count). The number of carbonyl (C=O) groups is 1. The molecule has 1 fully saturated rings. The molecule has 21 heavy (non-hydrogen) atoms. The zero-order valence-electron chi connectivity index (χ0n) is 12.5. The van der Waals surface area contributed by atoms with Crippen LogP contribution in [0.2, 0.25) is 0 Å². The predicted octanol–water partition coefficient (Wildman–Crippen LogP) is 2.54. The second-order valence-electron chi connectivity index (χ2n) is 5.66. The third-order valence-corrected chi connectivity index (χ3v) is 7.05. The molecule has 0 spiro atoms. The molecule has 3 N–H and O–H groups in total. The molecule has 2 heterocycles. The smallest absolute Gasteiger partial charge is 0.263 e. The molecule has 0 atom stereocenters. The molecule has 1 amide bonds. The Morgan fingerprint density at radius 2 is 2.29 bits per heavy atom. The van der Waals surface area contributed by atoms with Crippen LogP contribution >= 0.6 is 23.1 Å². The molecule has 0 unspecified atom stereocenters. The Labute approximate surface area is 132 Å². The van der Waals surface area contributed by atoms with Crippen LogP contribution in [0.1, 0.15) is 34.6 Å². The van der Waals surface area contributed by atoms with E-state index in [-0.39, 0.29) is 10.7 Å². The monoisotopic (exact) mass is 324 g/mol. The molecule has 0 radical (unpaired) electrons. The van der Waals surface area contributed by atoms with Gasteiger partial charge in [-0.2, -0.15) is 16.9 Å². The normalized spacial score (nSPS) is 16.9. The van der Waals surface area contributed by atoms with Crippen molar-refractivity contribution in [2.45, 2.75) is 30.9 Å². The van der Waals surface area contributed by atoms with E-state index in [9.17, 15) is 4.79 Å². The van der Waals surface area contributed by atoms with Crippen LogP contribution in [-0.2, 0) is 7.05 Å². The summed E-state index contributed by atoms with van der Waals surface area (Å²) >= 11 is 3.28. The fraction of sp³-hybridized carbons (Fsp3) is 0.571. The summed E-state index contributed by atoms with van der Waals surface area (Å²) in [6.07, 6.45) is 5.74. The molecule has 2 aromatic heterocycles. The number of carbonyl (C=O) groups excluding carboxylic acids is 1. The van der Waals surface area contributed by atoms with Gasteiger partial charge in [0.05, 0.1) is 16.8 Å². The fourth-order valence-corrected chi connectivity index (χ4v) is 4.86. The van der Waals surface area contributed by atoms with Crippen molar-refractivity contribution in [1.29, 1.82) is 0 Å². The largest absolute Gasteiger partial charge is 0.397 e. The molecule has 1 aliphatic carbocycles. The van der Waals surface area contributed by atoms with E-state index < -0.39 is 0 Å². The number of nitrogens with one attached hydrogen (secondary N) is 1. The van der Waals surface area contributed by atoms with E-state index >= 15 is 0 Å². The van der Waals surface area contributed by atoms with Crippen molar-refractivity contribution in [2.75, 3.05) is 18.5 Å². The van der Waals surface area contributed by atoms with Gasteiger partial charge in [-0.05, 0) is 26.0 Å². The minimum absolute atomic E-state index is 0.0616. The third kappa shape index (κ3) is 2.32. The molecule has 0 bridgehead atoms. The van der Waals surface area contributed by atoms with Gasteiger partial charge in [-0.3, -0.25) is 9.48 Å². The van der Waals surface area contributed by atoms with E-state index in [0.29, 0.717) is 10.6 Å². The van der Waals surface area contributed by atoms with E-state index in [0.717, 1.165) is 22.5 Å². The maximum Gasteiger partial charge on any atom is 0.263 e. The van der Waals surface area contributed by atoms with Gasteiger partial charge in [-0.1, -0.05) is 6.42 Å². The number of nitrogens with zero attached hydrogens (tertiary/aromatic N) is 2. The minimum atomic E-state index is -0.0616. The second kappa shape index (κ2) is 5.21. The number of anilines is 1. The first-order valence-corrected chi connectivity index (χ1v) is 9.06. The van der Waals surface area contributed by atoms with E-state index in [2.05, 4.69) is 16.7 Å². The Morgan fingerprint density at radius 1 is 1.57 bits per heavy atom. The van der Waals surface area contributed by atoms with Crippen LogP contribution in [0.15, 0.2) is 0 Å². The molecule has 5 nitrogen and oxygen atoms in total. The molecule has 0 aliphatic heterocycles. The molecule has 0 aromatic carbocycles. The number of thioether (sulfide) groups is 1. The Balaban J connectivity index is 1.82. The van der Waals surface area contributed by atoms with Gasteiger partial charge in [0.1, 0.15) is 9.71 Å². The molecular formula is C14H20N4OS2. The van der Waals surface area contributed by atoms with Crippen molar-refractivity contribution < 1.29 is 4.79 Å². The van der Waals surface area contributed by atoms with E-state index in [1.165, 1.54) is 30.6 Å². The van der Waals surface area contributed by atoms with Crippen molar-refractivity contribution in [3.8, 4) is 0 Å². The molecule has 7 heteroatoms. The zero-order chi connectivity index (χ0) is 15.2. The summed E-state index contributed by atoms with van der Waals surface area (Å²) in [7, 11) is 1.88. The van der Waals surface area contributed by atoms with Gasteiger partial charge in [-0.15, -0.1) is 11.3 Å². The molecule has 2 aromatic rings. The second-order valence-corrected chi connectivity index (χ2v) is 7.93. The summed E-state index contributed by atoms with van der Waals surface area (Å²) < 4.78 is 2.02. The highest BCUT2D eigenvalue weighted by atomic mass is 32.2. The van der Waals surface area contributed by atoms with Crippen LogP contribution in [0, 0.1) is 6.92 Å². The van der Waals surface area contributed by atoms with Crippen molar-refractivity contribution in [3.05, 3.63) is 10.6 Å². The standard InChI is InChI=1S/C14H20N4OS2/c1-8-9-10(15)11(21-13(9)18(2)17-8)12(19)16-7-14(20-3)5-4-6-14/h4-7,15H2,1-3H3,(H,16,19). The molecular weight excluding hydrogens is 304 g/mol. The lowest BCUT2D eigenvalue weighted by atomic mass is 9.84. The van der Waals surface area contributed by atoms with Gasteiger partial charge in [0.25, 0.3) is 5.91 Å². The quantitative estimate of drug-likeness (QED) is 0.906. The Morgan fingerprint density at radius 3 is 2.81 bits per heavy atom. The van der Waals surface area contributed by atoms with Crippen LogP contribution in [0.3, 0.4) is 0 Å². The van der Waals surface area contributed by atoms with Gasteiger partial charge in [-0.25, -0.2) is 0 Å². The van der Waals surface area contributed by atoms with Gasteiger partial charge in [0, 0.05) is 18.3 Å². The number of fused-ring (bicyclic) bond motifs is 1. The average Bonchev–Trinajstić information content (AvgIpc) is 2.88. The Kier molecular flexibility index (Phi) is 3.65. The SMILES string of the molecule is CSC1(CNC(=O)c2sc3c(c(C)nn3C)c2N)CCC1. The van der Waals surface area contributed by atoms with Gasteiger partial charge in [0.15, 0.2) is 0 Å². The number of nitrogens with two attached hydrogens (primary N) is 1. The number of aromatic nitrogens is 2. The van der Waals surface area contributed by atoms with Crippen LogP contribution in [-0.4, -0.2) is 33.2 Å². The van der Waals surface area contributed by atoms with Crippen LogP contribution in [0.25, 0.3) is 10.2 Å². The van der Waals surface area contributed by atoms with Crippen LogP contribution in [0.5, 0.6) is 0 Å². The predicted molar refractivity (Wildman–Crippen MR) is 90.2 cm³/mol. The lowest BCUT2D eigenvalue weighted by molar-refractivity contribution is 0.0949. The van der Waals surface area contributed by atoms with Crippen molar-refractivity contribution in [3.63, 3.8) is 0 Å². The summed E-state index contributed by atoms with van der Waals surface area (Å²) in [5, 5.41) is 8.32. The number of nitrogen functional groups attached to an aromatic ring is 1. The summed E-state index contributed by atoms with van der Waals surface area (Å²) in [6, 6.07) is 0. The summed E-state index contributed by atoms with van der Waals surface area (Å²) in [4.78, 5) is 14.0.